The highest BCUT2D eigenvalue weighted by molar-refractivity contribution is 7.22. The van der Waals surface area contributed by atoms with Crippen LogP contribution in [-0.2, 0) is 0 Å². The molecule has 2 aromatic rings. The second-order valence-electron chi connectivity index (χ2n) is 7.60. The van der Waals surface area contributed by atoms with E-state index in [0.29, 0.717) is 17.8 Å². The van der Waals surface area contributed by atoms with E-state index in [4.69, 9.17) is 0 Å². The maximum atomic E-state index is 12.6. The molecule has 0 spiro atoms. The summed E-state index contributed by atoms with van der Waals surface area (Å²) in [4.78, 5) is 19.5. The lowest BCUT2D eigenvalue weighted by Gasteiger charge is -2.26. The lowest BCUT2D eigenvalue weighted by Crippen LogP contribution is -2.43. The van der Waals surface area contributed by atoms with Crippen molar-refractivity contribution in [1.82, 2.24) is 15.6 Å². The minimum Gasteiger partial charge on any atom is -0.363 e. The molecule has 0 radical (unpaired) electrons. The van der Waals surface area contributed by atoms with E-state index in [0.717, 1.165) is 29.6 Å². The number of fused-ring (bicyclic) bond motifs is 3. The number of piperidine rings is 1. The van der Waals surface area contributed by atoms with Gasteiger partial charge in [0, 0.05) is 47.5 Å². The third kappa shape index (κ3) is 2.91. The predicted octanol–water partition coefficient (Wildman–Crippen LogP) is 2.91. The fraction of sp³-hybridized carbons (Fsp3) is 0.579. The Hall–Kier alpha value is -1.66. The highest BCUT2D eigenvalue weighted by atomic mass is 32.1. The van der Waals surface area contributed by atoms with Gasteiger partial charge in [0.2, 0.25) is 0 Å². The zero-order valence-corrected chi connectivity index (χ0v) is 15.1. The first kappa shape index (κ1) is 15.6. The van der Waals surface area contributed by atoms with Crippen molar-refractivity contribution in [3.63, 3.8) is 0 Å². The molecule has 2 bridgehead atoms. The van der Waals surface area contributed by atoms with Gasteiger partial charge in [-0.3, -0.25) is 9.78 Å². The molecule has 0 saturated carbocycles. The second kappa shape index (κ2) is 6.25. The van der Waals surface area contributed by atoms with Gasteiger partial charge < -0.3 is 15.5 Å². The van der Waals surface area contributed by atoms with Crippen LogP contribution in [0.4, 0.5) is 5.00 Å². The Bertz CT molecular complexity index is 798. The zero-order valence-electron chi connectivity index (χ0n) is 14.3. The number of rotatable bonds is 3. The molecule has 3 saturated heterocycles. The van der Waals surface area contributed by atoms with Crippen LogP contribution in [0.25, 0.3) is 10.1 Å². The van der Waals surface area contributed by atoms with Crippen molar-refractivity contribution >= 4 is 32.3 Å². The highest BCUT2D eigenvalue weighted by Crippen LogP contribution is 2.34. The van der Waals surface area contributed by atoms with E-state index in [1.54, 1.807) is 11.3 Å². The average molecular weight is 356 g/mol. The molecule has 25 heavy (non-hydrogen) atoms. The number of pyridine rings is 1. The van der Waals surface area contributed by atoms with Crippen LogP contribution in [0.2, 0.25) is 0 Å². The first-order valence-corrected chi connectivity index (χ1v) is 10.3. The van der Waals surface area contributed by atoms with E-state index >= 15 is 0 Å². The van der Waals surface area contributed by atoms with Crippen LogP contribution in [0.5, 0.6) is 0 Å². The standard InChI is InChI=1S/C19H24N4OS/c24-19(22-15-9-13-4-5-14(15)21-13)16-10-17-12(11-20-16)8-18(25-17)23-6-2-1-3-7-23/h8,10-11,13-15,21H,1-7,9H2,(H,22,24)/t13-,14+,15-/m1/s1. The molecule has 2 N–H and O–H groups in total. The molecule has 5 rings (SSSR count). The van der Waals surface area contributed by atoms with Gasteiger partial charge >= 0.3 is 0 Å². The van der Waals surface area contributed by atoms with Gasteiger partial charge in [0.1, 0.15) is 5.69 Å². The quantitative estimate of drug-likeness (QED) is 0.888. The first-order valence-electron chi connectivity index (χ1n) is 9.48. The molecular weight excluding hydrogens is 332 g/mol. The van der Waals surface area contributed by atoms with Crippen molar-refractivity contribution in [3.05, 3.63) is 24.0 Å². The summed E-state index contributed by atoms with van der Waals surface area (Å²) in [6.07, 6.45) is 9.21. The number of carbonyl (C=O) groups excluding carboxylic acids is 1. The molecule has 3 aliphatic rings. The molecular formula is C19H24N4OS. The summed E-state index contributed by atoms with van der Waals surface area (Å²) in [6, 6.07) is 5.49. The van der Waals surface area contributed by atoms with Crippen molar-refractivity contribution in [3.8, 4) is 0 Å². The van der Waals surface area contributed by atoms with E-state index in [2.05, 4.69) is 26.6 Å². The molecule has 3 atom stereocenters. The third-order valence-corrected chi connectivity index (χ3v) is 7.06. The number of anilines is 1. The Morgan fingerprint density at radius 1 is 1.24 bits per heavy atom. The summed E-state index contributed by atoms with van der Waals surface area (Å²) in [7, 11) is 0. The van der Waals surface area contributed by atoms with Gasteiger partial charge in [-0.25, -0.2) is 0 Å². The van der Waals surface area contributed by atoms with Crippen LogP contribution in [0, 0.1) is 0 Å². The molecule has 132 valence electrons. The van der Waals surface area contributed by atoms with E-state index in [9.17, 15) is 4.79 Å². The van der Waals surface area contributed by atoms with Crippen LogP contribution in [0.3, 0.4) is 0 Å². The number of nitrogens with one attached hydrogen (secondary N) is 2. The van der Waals surface area contributed by atoms with E-state index in [1.165, 1.54) is 37.1 Å². The van der Waals surface area contributed by atoms with E-state index < -0.39 is 0 Å². The topological polar surface area (TPSA) is 57.3 Å². The van der Waals surface area contributed by atoms with Gasteiger partial charge in [-0.2, -0.15) is 0 Å². The fourth-order valence-electron chi connectivity index (χ4n) is 4.54. The number of hydrogen-bond donors (Lipinski definition) is 2. The summed E-state index contributed by atoms with van der Waals surface area (Å²) >= 11 is 1.78. The third-order valence-electron chi connectivity index (χ3n) is 5.91. The monoisotopic (exact) mass is 356 g/mol. The maximum Gasteiger partial charge on any atom is 0.270 e. The fourth-order valence-corrected chi connectivity index (χ4v) is 5.66. The number of amides is 1. The van der Waals surface area contributed by atoms with Gasteiger partial charge in [0.05, 0.1) is 5.00 Å². The van der Waals surface area contributed by atoms with Gasteiger partial charge in [-0.15, -0.1) is 11.3 Å². The SMILES string of the molecule is O=C(N[C@@H]1C[C@H]2CC[C@@H]1N2)c1cc2sc(N3CCCCC3)cc2cn1. The predicted molar refractivity (Wildman–Crippen MR) is 102 cm³/mol. The van der Waals surface area contributed by atoms with Crippen LogP contribution < -0.4 is 15.5 Å². The van der Waals surface area contributed by atoms with Crippen molar-refractivity contribution in [1.29, 1.82) is 0 Å². The molecule has 1 amide bonds. The van der Waals surface area contributed by atoms with Crippen LogP contribution in [0.15, 0.2) is 18.3 Å². The Morgan fingerprint density at radius 3 is 2.88 bits per heavy atom. The normalized spacial score (nSPS) is 28.6. The number of carbonyl (C=O) groups is 1. The lowest BCUT2D eigenvalue weighted by molar-refractivity contribution is 0.0926. The molecule has 0 aromatic carbocycles. The largest absolute Gasteiger partial charge is 0.363 e. The summed E-state index contributed by atoms with van der Waals surface area (Å²) in [6.45, 7) is 2.29. The van der Waals surface area contributed by atoms with Gasteiger partial charge in [-0.1, -0.05) is 0 Å². The first-order chi connectivity index (χ1) is 12.3. The summed E-state index contributed by atoms with van der Waals surface area (Å²) in [5, 5.41) is 9.21. The van der Waals surface area contributed by atoms with Crippen LogP contribution >= 0.6 is 11.3 Å². The van der Waals surface area contributed by atoms with Crippen molar-refractivity contribution in [2.75, 3.05) is 18.0 Å². The molecule has 5 heterocycles. The molecule has 2 aromatic heterocycles. The molecule has 5 nitrogen and oxygen atoms in total. The van der Waals surface area contributed by atoms with Crippen molar-refractivity contribution in [2.45, 2.75) is 56.7 Å². The molecule has 0 aliphatic carbocycles. The minimum absolute atomic E-state index is 0.0332. The molecule has 6 heteroatoms. The van der Waals surface area contributed by atoms with Gasteiger partial charge in [0.15, 0.2) is 0 Å². The number of nitrogens with zero attached hydrogens (tertiary/aromatic N) is 2. The molecule has 3 aliphatic heterocycles. The number of thiophene rings is 1. The zero-order chi connectivity index (χ0) is 16.8. The van der Waals surface area contributed by atoms with Crippen LogP contribution in [0.1, 0.15) is 49.0 Å². The Morgan fingerprint density at radius 2 is 2.12 bits per heavy atom. The molecule has 3 fully saturated rings. The van der Waals surface area contributed by atoms with E-state index in [-0.39, 0.29) is 11.9 Å². The smallest absolute Gasteiger partial charge is 0.270 e. The van der Waals surface area contributed by atoms with Crippen molar-refractivity contribution < 1.29 is 4.79 Å². The van der Waals surface area contributed by atoms with Crippen molar-refractivity contribution in [2.24, 2.45) is 0 Å². The minimum atomic E-state index is -0.0332. The Kier molecular flexibility index (Phi) is 3.90. The van der Waals surface area contributed by atoms with Gasteiger partial charge in [0.25, 0.3) is 5.91 Å². The number of aromatic nitrogens is 1. The number of hydrogen-bond acceptors (Lipinski definition) is 5. The summed E-state index contributed by atoms with van der Waals surface area (Å²) < 4.78 is 1.16. The molecule has 0 unspecified atom stereocenters. The second-order valence-corrected chi connectivity index (χ2v) is 8.67. The van der Waals surface area contributed by atoms with Gasteiger partial charge in [-0.05, 0) is 50.7 Å². The lowest BCUT2D eigenvalue weighted by atomic mass is 9.95. The Balaban J connectivity index is 1.34. The summed E-state index contributed by atoms with van der Waals surface area (Å²) in [5.41, 5.74) is 0.544. The highest BCUT2D eigenvalue weighted by Gasteiger charge is 2.39. The Labute approximate surface area is 151 Å². The average Bonchev–Trinajstić information content (AvgIpc) is 3.36. The summed E-state index contributed by atoms with van der Waals surface area (Å²) in [5.74, 6) is -0.0332. The van der Waals surface area contributed by atoms with E-state index in [1.807, 2.05) is 12.3 Å². The van der Waals surface area contributed by atoms with Crippen LogP contribution in [-0.4, -0.2) is 42.1 Å². The maximum absolute atomic E-state index is 12.6.